The largest absolute Gasteiger partial charge is 0.506 e. The second-order valence-electron chi connectivity index (χ2n) is 6.55. The Labute approximate surface area is 120 Å². The van der Waals surface area contributed by atoms with Crippen molar-refractivity contribution < 1.29 is 5.11 Å². The number of hydrogen-bond acceptors (Lipinski definition) is 4. The predicted molar refractivity (Wildman–Crippen MR) is 79.3 cm³/mol. The highest BCUT2D eigenvalue weighted by Crippen LogP contribution is 2.47. The summed E-state index contributed by atoms with van der Waals surface area (Å²) in [4.78, 5) is 4.43. The Hall–Kier alpha value is -1.13. The number of hydrogen-bond donors (Lipinski definition) is 3. The summed E-state index contributed by atoms with van der Waals surface area (Å²) in [6.07, 6.45) is 6.50. The highest BCUT2D eigenvalue weighted by molar-refractivity contribution is 5.27. The molecule has 4 heteroatoms. The molecule has 4 rings (SSSR count). The topological polar surface area (TPSA) is 71.2 Å². The first kappa shape index (κ1) is 13.8. The molecule has 4 nitrogen and oxygen atoms in total. The third-order valence-electron chi connectivity index (χ3n) is 5.34. The van der Waals surface area contributed by atoms with Crippen LogP contribution in [-0.4, -0.2) is 22.2 Å². The number of aromatic nitrogens is 1. The average Bonchev–Trinajstić information content (AvgIpc) is 2.49. The Kier molecular flexibility index (Phi) is 3.69. The lowest BCUT2D eigenvalue weighted by molar-refractivity contribution is 0.0452. The van der Waals surface area contributed by atoms with E-state index in [0.29, 0.717) is 19.0 Å². The molecule has 1 aromatic rings. The fraction of sp³-hybridized carbons (Fsp3) is 0.688. The standard InChI is InChI=1S/C16H25N3O/c1-11-2-7-15(20)14(19-11)9-18-16(10-17)8-12-3-5-13(16)6-4-12/h2,7,12-13,18,20H,3-6,8-10,17H2,1H3. The molecule has 1 aromatic heterocycles. The number of rotatable bonds is 4. The molecule has 0 spiro atoms. The van der Waals surface area contributed by atoms with Gasteiger partial charge >= 0.3 is 0 Å². The van der Waals surface area contributed by atoms with Gasteiger partial charge in [-0.3, -0.25) is 4.98 Å². The van der Waals surface area contributed by atoms with Crippen molar-refractivity contribution in [2.75, 3.05) is 6.54 Å². The van der Waals surface area contributed by atoms with Gasteiger partial charge in [0.2, 0.25) is 0 Å². The molecule has 0 saturated heterocycles. The van der Waals surface area contributed by atoms with Gasteiger partial charge in [0.05, 0.1) is 5.69 Å². The number of aryl methyl sites for hydroxylation is 1. The molecule has 0 aromatic carbocycles. The number of nitrogens with one attached hydrogen (secondary N) is 1. The van der Waals surface area contributed by atoms with Crippen molar-refractivity contribution in [1.29, 1.82) is 0 Å². The molecular weight excluding hydrogens is 250 g/mol. The molecule has 0 aliphatic heterocycles. The smallest absolute Gasteiger partial charge is 0.138 e. The predicted octanol–water partition coefficient (Wildman–Crippen LogP) is 2.09. The van der Waals surface area contributed by atoms with E-state index in [-0.39, 0.29) is 11.3 Å². The van der Waals surface area contributed by atoms with Gasteiger partial charge in [0, 0.05) is 24.3 Å². The molecule has 3 fully saturated rings. The monoisotopic (exact) mass is 275 g/mol. The molecule has 2 bridgehead atoms. The highest BCUT2D eigenvalue weighted by Gasteiger charge is 2.46. The molecule has 1 heterocycles. The summed E-state index contributed by atoms with van der Waals surface area (Å²) in [5, 5.41) is 13.6. The van der Waals surface area contributed by atoms with Crippen molar-refractivity contribution in [2.24, 2.45) is 17.6 Å². The summed E-state index contributed by atoms with van der Waals surface area (Å²) < 4.78 is 0. The summed E-state index contributed by atoms with van der Waals surface area (Å²) in [5.41, 5.74) is 7.84. The maximum atomic E-state index is 9.92. The normalized spacial score (nSPS) is 32.5. The highest BCUT2D eigenvalue weighted by atomic mass is 16.3. The second kappa shape index (κ2) is 5.34. The summed E-state index contributed by atoms with van der Waals surface area (Å²) in [6, 6.07) is 3.56. The molecule has 3 aliphatic rings. The van der Waals surface area contributed by atoms with Crippen LogP contribution in [0, 0.1) is 18.8 Å². The minimum atomic E-state index is 0.0546. The Bertz CT molecular complexity index is 483. The first-order valence-corrected chi connectivity index (χ1v) is 7.73. The van der Waals surface area contributed by atoms with Crippen LogP contribution in [0.2, 0.25) is 0 Å². The van der Waals surface area contributed by atoms with Gasteiger partial charge in [-0.25, -0.2) is 0 Å². The minimum absolute atomic E-state index is 0.0546. The van der Waals surface area contributed by atoms with Crippen molar-refractivity contribution in [3.63, 3.8) is 0 Å². The Morgan fingerprint density at radius 1 is 1.35 bits per heavy atom. The summed E-state index contributed by atoms with van der Waals surface area (Å²) in [6.45, 7) is 3.24. The van der Waals surface area contributed by atoms with Crippen molar-refractivity contribution in [2.45, 2.75) is 51.1 Å². The Morgan fingerprint density at radius 2 is 2.10 bits per heavy atom. The lowest BCUT2D eigenvalue weighted by atomic mass is 9.60. The van der Waals surface area contributed by atoms with E-state index in [1.807, 2.05) is 13.0 Å². The van der Waals surface area contributed by atoms with Crippen LogP contribution in [0.25, 0.3) is 0 Å². The van der Waals surface area contributed by atoms with Crippen LogP contribution in [0.3, 0.4) is 0 Å². The van der Waals surface area contributed by atoms with E-state index in [0.717, 1.165) is 17.3 Å². The third-order valence-corrected chi connectivity index (χ3v) is 5.34. The van der Waals surface area contributed by atoms with Crippen molar-refractivity contribution in [3.05, 3.63) is 23.5 Å². The van der Waals surface area contributed by atoms with Crippen LogP contribution in [-0.2, 0) is 6.54 Å². The number of fused-ring (bicyclic) bond motifs is 3. The molecule has 20 heavy (non-hydrogen) atoms. The second-order valence-corrected chi connectivity index (χ2v) is 6.55. The first-order valence-electron chi connectivity index (χ1n) is 7.73. The van der Waals surface area contributed by atoms with Crippen LogP contribution >= 0.6 is 0 Å². The van der Waals surface area contributed by atoms with E-state index in [2.05, 4.69) is 10.3 Å². The fourth-order valence-electron chi connectivity index (χ4n) is 4.13. The average molecular weight is 275 g/mol. The van der Waals surface area contributed by atoms with Gasteiger partial charge in [-0.2, -0.15) is 0 Å². The van der Waals surface area contributed by atoms with Gasteiger partial charge < -0.3 is 16.2 Å². The zero-order chi connectivity index (χ0) is 14.2. The molecular formula is C16H25N3O. The van der Waals surface area contributed by atoms with Gasteiger partial charge in [0.1, 0.15) is 5.75 Å². The summed E-state index contributed by atoms with van der Waals surface area (Å²) in [7, 11) is 0. The van der Waals surface area contributed by atoms with E-state index in [1.165, 1.54) is 32.1 Å². The van der Waals surface area contributed by atoms with Crippen LogP contribution in [0.1, 0.15) is 43.5 Å². The molecule has 4 N–H and O–H groups in total. The van der Waals surface area contributed by atoms with Crippen LogP contribution < -0.4 is 11.1 Å². The zero-order valence-electron chi connectivity index (χ0n) is 12.2. The summed E-state index contributed by atoms with van der Waals surface area (Å²) >= 11 is 0. The zero-order valence-corrected chi connectivity index (χ0v) is 12.2. The molecule has 3 aliphatic carbocycles. The summed E-state index contributed by atoms with van der Waals surface area (Å²) in [5.74, 6) is 1.79. The number of nitrogens with zero attached hydrogens (tertiary/aromatic N) is 1. The minimum Gasteiger partial charge on any atom is -0.506 e. The first-order chi connectivity index (χ1) is 9.63. The SMILES string of the molecule is Cc1ccc(O)c(CNC2(CN)CC3CCC2CC3)n1. The van der Waals surface area contributed by atoms with Crippen LogP contribution in [0.4, 0.5) is 0 Å². The quantitative estimate of drug-likeness (QED) is 0.787. The van der Waals surface area contributed by atoms with E-state index < -0.39 is 0 Å². The molecule has 0 radical (unpaired) electrons. The lowest BCUT2D eigenvalue weighted by Crippen LogP contribution is -2.61. The van der Waals surface area contributed by atoms with Gasteiger partial charge in [-0.1, -0.05) is 12.8 Å². The van der Waals surface area contributed by atoms with E-state index in [1.54, 1.807) is 6.07 Å². The molecule has 0 amide bonds. The van der Waals surface area contributed by atoms with E-state index in [4.69, 9.17) is 5.73 Å². The Balaban J connectivity index is 1.74. The van der Waals surface area contributed by atoms with E-state index >= 15 is 0 Å². The van der Waals surface area contributed by atoms with Crippen LogP contribution in [0.15, 0.2) is 12.1 Å². The number of nitrogens with two attached hydrogens (primary N) is 1. The fourth-order valence-corrected chi connectivity index (χ4v) is 4.13. The van der Waals surface area contributed by atoms with Crippen molar-refractivity contribution in [1.82, 2.24) is 10.3 Å². The van der Waals surface area contributed by atoms with Crippen molar-refractivity contribution >= 4 is 0 Å². The van der Waals surface area contributed by atoms with Gasteiger partial charge in [-0.15, -0.1) is 0 Å². The molecule has 110 valence electrons. The van der Waals surface area contributed by atoms with Gasteiger partial charge in [-0.05, 0) is 50.2 Å². The van der Waals surface area contributed by atoms with E-state index in [9.17, 15) is 5.11 Å². The Morgan fingerprint density at radius 3 is 2.70 bits per heavy atom. The maximum Gasteiger partial charge on any atom is 0.138 e. The molecule has 3 saturated carbocycles. The maximum absolute atomic E-state index is 9.92. The van der Waals surface area contributed by atoms with Crippen molar-refractivity contribution in [3.8, 4) is 5.75 Å². The third kappa shape index (κ3) is 2.42. The molecule has 1 unspecified atom stereocenters. The lowest BCUT2D eigenvalue weighted by Gasteiger charge is -2.52. The van der Waals surface area contributed by atoms with Gasteiger partial charge in [0.25, 0.3) is 0 Å². The number of pyridine rings is 1. The van der Waals surface area contributed by atoms with Gasteiger partial charge in [0.15, 0.2) is 0 Å². The van der Waals surface area contributed by atoms with Crippen LogP contribution in [0.5, 0.6) is 5.75 Å². The number of aromatic hydroxyl groups is 1. The molecule has 1 atom stereocenters.